The number of benzene rings is 6. The first-order valence-corrected chi connectivity index (χ1v) is 27.3. The molecule has 3 atom stereocenters. The van der Waals surface area contributed by atoms with E-state index in [2.05, 4.69) is 208 Å². The molecule has 5 heteroatoms. The van der Waals surface area contributed by atoms with E-state index >= 15 is 0 Å². The van der Waals surface area contributed by atoms with Gasteiger partial charge < -0.3 is 4.42 Å². The van der Waals surface area contributed by atoms with E-state index in [4.69, 9.17) is 11.0 Å². The van der Waals surface area contributed by atoms with E-state index in [9.17, 15) is 0 Å². The highest BCUT2D eigenvalue weighted by Gasteiger charge is 2.45. The van der Waals surface area contributed by atoms with Gasteiger partial charge in [-0.2, -0.15) is 9.13 Å². The van der Waals surface area contributed by atoms with Crippen LogP contribution in [-0.2, 0) is 13.0 Å². The number of furan rings is 1. The number of rotatable bonds is 3. The van der Waals surface area contributed by atoms with Crippen LogP contribution < -0.4 is 14.3 Å². The lowest BCUT2D eigenvalue weighted by molar-refractivity contribution is -0.719. The maximum Gasteiger partial charge on any atom is 0.298 e. The summed E-state index contributed by atoms with van der Waals surface area (Å²) in [6, 6.07) is 45.9. The SMILES string of the molecule is C=C1CC2C(CCc3ccc4c(oc5c4ccc4c6ccccc6ccc45)c3-c3n(C[C@]4(C)C=C(C(C)(C)C)C=C4C)c4ccccc4[n+]31)c1ccccc1-c1ccc([Si](C)(C)C)c[n+]12. The van der Waals surface area contributed by atoms with Crippen molar-refractivity contribution < 1.29 is 13.6 Å². The highest BCUT2D eigenvalue weighted by molar-refractivity contribution is 6.88. The lowest BCUT2D eigenvalue weighted by Crippen LogP contribution is -2.53. The number of hydrogen-bond donors (Lipinski definition) is 0. The fourth-order valence-corrected chi connectivity index (χ4v) is 12.9. The van der Waals surface area contributed by atoms with E-state index in [1.54, 1.807) is 0 Å². The Morgan fingerprint density at radius 2 is 1.49 bits per heavy atom. The highest BCUT2D eigenvalue weighted by Crippen LogP contribution is 2.49. The molecule has 0 spiro atoms. The van der Waals surface area contributed by atoms with E-state index in [-0.39, 0.29) is 22.8 Å². The monoisotopic (exact) mass is 865 g/mol. The maximum absolute atomic E-state index is 7.48. The first-order chi connectivity index (χ1) is 31.2. The first-order valence-electron chi connectivity index (χ1n) is 23.8. The summed E-state index contributed by atoms with van der Waals surface area (Å²) in [6.07, 6.45) is 10.2. The van der Waals surface area contributed by atoms with Crippen molar-refractivity contribution >= 4 is 73.5 Å². The third kappa shape index (κ3) is 6.07. The zero-order chi connectivity index (χ0) is 44.7. The van der Waals surface area contributed by atoms with Crippen molar-refractivity contribution in [3.63, 3.8) is 0 Å². The van der Waals surface area contributed by atoms with Gasteiger partial charge in [0.2, 0.25) is 5.69 Å². The van der Waals surface area contributed by atoms with Gasteiger partial charge >= 0.3 is 0 Å². The predicted octanol–water partition coefficient (Wildman–Crippen LogP) is 14.4. The summed E-state index contributed by atoms with van der Waals surface area (Å²) in [6.45, 7) is 25.1. The topological polar surface area (TPSA) is 25.8 Å². The number of para-hydroxylation sites is 2. The van der Waals surface area contributed by atoms with Crippen LogP contribution >= 0.6 is 0 Å². The van der Waals surface area contributed by atoms with Gasteiger partial charge in [-0.25, -0.2) is 4.57 Å². The van der Waals surface area contributed by atoms with Crippen LogP contribution in [0.15, 0.2) is 162 Å². The molecule has 322 valence electrons. The molecule has 0 saturated heterocycles. The van der Waals surface area contributed by atoms with Crippen LogP contribution in [0.25, 0.3) is 82.9 Å². The van der Waals surface area contributed by atoms with E-state index < -0.39 is 8.07 Å². The molecule has 0 N–H and O–H groups in total. The summed E-state index contributed by atoms with van der Waals surface area (Å²) < 4.78 is 15.3. The molecule has 2 unspecified atom stereocenters. The van der Waals surface area contributed by atoms with Gasteiger partial charge in [-0.3, -0.25) is 0 Å². The number of aryl methyl sites for hydroxylation is 1. The van der Waals surface area contributed by atoms with Crippen LogP contribution in [0.1, 0.15) is 70.5 Å². The molecule has 3 aliphatic rings. The normalized spacial score (nSPS) is 19.8. The molecule has 5 heterocycles. The van der Waals surface area contributed by atoms with Gasteiger partial charge in [-0.15, -0.1) is 0 Å². The molecule has 0 amide bonds. The van der Waals surface area contributed by atoms with Gasteiger partial charge in [0.15, 0.2) is 28.9 Å². The van der Waals surface area contributed by atoms with Crippen LogP contribution in [-0.4, -0.2) is 12.6 Å². The third-order valence-electron chi connectivity index (χ3n) is 15.6. The Kier molecular flexibility index (Phi) is 8.72. The average Bonchev–Trinajstić information content (AvgIpc) is 3.93. The standard InChI is InChI=1S/C60H59N3OSi/c1-37-32-41(59(3,4)5)34-60(37,6)36-62-52-20-14-15-21-53(52)63-38(2)33-54-47(44-18-12-13-19-46(44)51-31-25-42(35-61(51)54)65(7,8)9)26-23-40-24-28-50-49-30-29-45-43-17-11-10-16-39(43)22-27-48(45)56(49)64-57(50)55(40)58(62)63/h10-22,24-25,27-32,34-35,47,54H,2,23,26,33,36H2,1,3-9H3/q+2/t47?,54?,60-/m0/s1. The second-order valence-electron chi connectivity index (χ2n) is 21.8. The molecule has 0 saturated carbocycles. The summed E-state index contributed by atoms with van der Waals surface area (Å²) >= 11 is 0. The van der Waals surface area contributed by atoms with E-state index in [0.29, 0.717) is 0 Å². The van der Waals surface area contributed by atoms with Gasteiger partial charge in [0, 0.05) is 44.3 Å². The number of aromatic nitrogens is 3. The zero-order valence-electron chi connectivity index (χ0n) is 39.2. The van der Waals surface area contributed by atoms with E-state index in [1.165, 1.54) is 71.5 Å². The molecular formula is C60H59N3OSi+2. The lowest BCUT2D eigenvalue weighted by Gasteiger charge is -2.32. The molecule has 0 bridgehead atoms. The molecule has 12 rings (SSSR count). The fourth-order valence-electron chi connectivity index (χ4n) is 11.8. The Labute approximate surface area is 383 Å². The van der Waals surface area contributed by atoms with E-state index in [1.807, 2.05) is 0 Å². The Bertz CT molecular complexity index is 3580. The Balaban J connectivity index is 1.16. The summed E-state index contributed by atoms with van der Waals surface area (Å²) in [4.78, 5) is 0. The lowest BCUT2D eigenvalue weighted by atomic mass is 9.77. The van der Waals surface area contributed by atoms with Crippen molar-refractivity contribution in [1.29, 1.82) is 0 Å². The van der Waals surface area contributed by atoms with Crippen molar-refractivity contribution in [1.82, 2.24) is 4.57 Å². The zero-order valence-corrected chi connectivity index (χ0v) is 40.2. The molecule has 65 heavy (non-hydrogen) atoms. The summed E-state index contributed by atoms with van der Waals surface area (Å²) in [5.41, 5.74) is 14.7. The smallest absolute Gasteiger partial charge is 0.298 e. The minimum atomic E-state index is -1.63. The van der Waals surface area contributed by atoms with Gasteiger partial charge in [-0.05, 0) is 95.3 Å². The van der Waals surface area contributed by atoms with Crippen LogP contribution in [0.4, 0.5) is 0 Å². The van der Waals surface area contributed by atoms with Crippen LogP contribution in [0.2, 0.25) is 19.6 Å². The molecule has 4 nitrogen and oxygen atoms in total. The number of fused-ring (bicyclic) bond motifs is 19. The summed E-state index contributed by atoms with van der Waals surface area (Å²) in [7, 11) is -1.63. The average molecular weight is 866 g/mol. The number of pyridine rings is 1. The Hall–Kier alpha value is -6.30. The molecule has 0 radical (unpaired) electrons. The van der Waals surface area contributed by atoms with Gasteiger partial charge in [0.05, 0.1) is 14.5 Å². The molecule has 6 aromatic carbocycles. The van der Waals surface area contributed by atoms with Gasteiger partial charge in [0.25, 0.3) is 5.82 Å². The van der Waals surface area contributed by atoms with Crippen molar-refractivity contribution in [3.8, 4) is 22.6 Å². The third-order valence-corrected chi connectivity index (χ3v) is 17.6. The summed E-state index contributed by atoms with van der Waals surface area (Å²) in [5, 5.41) is 8.66. The predicted molar refractivity (Wildman–Crippen MR) is 274 cm³/mol. The van der Waals surface area contributed by atoms with Crippen LogP contribution in [0, 0.1) is 10.8 Å². The van der Waals surface area contributed by atoms with Crippen molar-refractivity contribution in [3.05, 3.63) is 169 Å². The maximum atomic E-state index is 7.48. The van der Waals surface area contributed by atoms with E-state index in [0.717, 1.165) is 64.7 Å². The van der Waals surface area contributed by atoms with Gasteiger partial charge in [-0.1, -0.05) is 150 Å². The molecule has 9 aromatic rings. The number of allylic oxidation sites excluding steroid dienone is 5. The second-order valence-corrected chi connectivity index (χ2v) is 26.8. The Morgan fingerprint density at radius 1 is 0.785 bits per heavy atom. The Morgan fingerprint density at radius 3 is 2.31 bits per heavy atom. The molecular weight excluding hydrogens is 807 g/mol. The molecule has 1 aliphatic carbocycles. The fraction of sp³-hybridized carbons (Fsp3) is 0.267. The van der Waals surface area contributed by atoms with Gasteiger partial charge in [0.1, 0.15) is 23.4 Å². The van der Waals surface area contributed by atoms with Crippen molar-refractivity contribution in [2.75, 3.05) is 0 Å². The number of imidazole rings is 1. The van der Waals surface area contributed by atoms with Crippen LogP contribution in [0.3, 0.4) is 0 Å². The first kappa shape index (κ1) is 40.2. The largest absolute Gasteiger partial charge is 0.454 e. The molecule has 3 aromatic heterocycles. The van der Waals surface area contributed by atoms with Crippen molar-refractivity contribution in [2.45, 2.75) is 92.0 Å². The van der Waals surface area contributed by atoms with Crippen molar-refractivity contribution in [2.24, 2.45) is 10.8 Å². The summed E-state index contributed by atoms with van der Waals surface area (Å²) in [5.74, 6) is 1.45. The number of hydrogen-bond acceptors (Lipinski definition) is 1. The quantitative estimate of drug-likeness (QED) is 0.0987. The second kappa shape index (κ2) is 14.1. The van der Waals surface area contributed by atoms with Crippen LogP contribution in [0.5, 0.6) is 0 Å². The molecule has 2 aliphatic heterocycles. The number of nitrogens with zero attached hydrogens (tertiary/aromatic N) is 3. The highest BCUT2D eigenvalue weighted by atomic mass is 28.3. The minimum absolute atomic E-state index is 0.0470. The minimum Gasteiger partial charge on any atom is -0.454 e. The molecule has 0 fully saturated rings.